The van der Waals surface area contributed by atoms with Crippen molar-refractivity contribution in [2.24, 2.45) is 0 Å². The largest absolute Gasteiger partial charge is 0.503 e. The highest BCUT2D eigenvalue weighted by Crippen LogP contribution is 2.40. The van der Waals surface area contributed by atoms with Crippen LogP contribution in [0.15, 0.2) is 60.1 Å². The Bertz CT molecular complexity index is 921. The number of aliphatic hydroxyl groups is 1. The van der Waals surface area contributed by atoms with E-state index in [2.05, 4.69) is 4.98 Å². The van der Waals surface area contributed by atoms with E-state index < -0.39 is 36.1 Å². The van der Waals surface area contributed by atoms with Crippen LogP contribution in [-0.4, -0.2) is 39.5 Å². The van der Waals surface area contributed by atoms with Gasteiger partial charge in [-0.1, -0.05) is 6.07 Å². The van der Waals surface area contributed by atoms with Crippen molar-refractivity contribution in [1.82, 2.24) is 4.98 Å². The predicted molar refractivity (Wildman–Crippen MR) is 94.4 cm³/mol. The van der Waals surface area contributed by atoms with Crippen molar-refractivity contribution in [3.05, 3.63) is 65.7 Å². The van der Waals surface area contributed by atoms with Crippen LogP contribution >= 0.6 is 0 Å². The van der Waals surface area contributed by atoms with Crippen molar-refractivity contribution in [2.45, 2.75) is 13.0 Å². The topological polar surface area (TPSA) is 117 Å². The number of benzene rings is 1. The average molecular weight is 368 g/mol. The lowest BCUT2D eigenvalue weighted by atomic mass is 9.98. The number of hydrogen-bond donors (Lipinski definition) is 2. The molecule has 1 aromatic carbocycles. The van der Waals surface area contributed by atoms with Crippen LogP contribution in [0, 0.1) is 0 Å². The first-order valence-corrected chi connectivity index (χ1v) is 8.02. The number of aromatic nitrogens is 1. The van der Waals surface area contributed by atoms with Crippen LogP contribution in [0.25, 0.3) is 0 Å². The molecule has 0 aliphatic carbocycles. The Morgan fingerprint density at radius 3 is 2.48 bits per heavy atom. The molecule has 1 aliphatic rings. The molecule has 1 aromatic heterocycles. The molecule has 1 atom stereocenters. The first kappa shape index (κ1) is 18.1. The molecule has 1 amide bonds. The number of anilines is 1. The third-order valence-corrected chi connectivity index (χ3v) is 4.06. The molecule has 0 spiro atoms. The monoisotopic (exact) mass is 368 g/mol. The van der Waals surface area contributed by atoms with E-state index in [9.17, 15) is 19.5 Å². The number of rotatable bonds is 6. The highest BCUT2D eigenvalue weighted by Gasteiger charge is 2.43. The summed E-state index contributed by atoms with van der Waals surface area (Å²) in [6.07, 6.45) is 3.09. The van der Waals surface area contributed by atoms with E-state index in [0.29, 0.717) is 17.0 Å². The Kier molecular flexibility index (Phi) is 4.89. The number of carbonyl (C=O) groups excluding carboxylic acids is 2. The van der Waals surface area contributed by atoms with E-state index in [4.69, 9.17) is 9.84 Å². The number of carboxylic acid groups (broad SMARTS) is 1. The molecule has 0 saturated carbocycles. The average Bonchev–Trinajstić information content (AvgIpc) is 2.92. The predicted octanol–water partition coefficient (Wildman–Crippen LogP) is 2.03. The summed E-state index contributed by atoms with van der Waals surface area (Å²) in [5, 5.41) is 18.9. The van der Waals surface area contributed by atoms with Gasteiger partial charge in [0.1, 0.15) is 5.75 Å². The van der Waals surface area contributed by atoms with Gasteiger partial charge in [0.15, 0.2) is 18.1 Å². The lowest BCUT2D eigenvalue weighted by Crippen LogP contribution is -2.30. The van der Waals surface area contributed by atoms with Gasteiger partial charge >= 0.3 is 5.97 Å². The van der Waals surface area contributed by atoms with Crippen molar-refractivity contribution in [3.63, 3.8) is 0 Å². The van der Waals surface area contributed by atoms with Crippen molar-refractivity contribution in [3.8, 4) is 5.75 Å². The quantitative estimate of drug-likeness (QED) is 0.801. The number of carbonyl (C=O) groups is 3. The summed E-state index contributed by atoms with van der Waals surface area (Å²) >= 11 is 0. The van der Waals surface area contributed by atoms with Crippen LogP contribution < -0.4 is 9.64 Å². The van der Waals surface area contributed by atoms with Gasteiger partial charge in [-0.2, -0.15) is 0 Å². The summed E-state index contributed by atoms with van der Waals surface area (Å²) in [4.78, 5) is 40.6. The van der Waals surface area contributed by atoms with E-state index in [0.717, 1.165) is 0 Å². The Morgan fingerprint density at radius 1 is 1.22 bits per heavy atom. The van der Waals surface area contributed by atoms with Gasteiger partial charge in [-0.05, 0) is 42.8 Å². The maximum Gasteiger partial charge on any atom is 0.341 e. The van der Waals surface area contributed by atoms with Gasteiger partial charge in [0, 0.05) is 18.1 Å². The lowest BCUT2D eigenvalue weighted by molar-refractivity contribution is -0.139. The van der Waals surface area contributed by atoms with E-state index in [1.54, 1.807) is 30.5 Å². The second kappa shape index (κ2) is 7.28. The molecular weight excluding hydrogens is 352 g/mol. The lowest BCUT2D eigenvalue weighted by Gasteiger charge is -2.26. The molecular formula is C19H16N2O6. The molecule has 138 valence electrons. The summed E-state index contributed by atoms with van der Waals surface area (Å²) in [6, 6.07) is 8.69. The van der Waals surface area contributed by atoms with Gasteiger partial charge in [0.05, 0.1) is 11.6 Å². The normalized spacial score (nSPS) is 16.6. The van der Waals surface area contributed by atoms with E-state index in [1.165, 1.54) is 30.2 Å². The summed E-state index contributed by atoms with van der Waals surface area (Å²) in [5.41, 5.74) is 0.991. The molecule has 0 saturated heterocycles. The molecule has 8 nitrogen and oxygen atoms in total. The number of aliphatic hydroxyl groups excluding tert-OH is 1. The van der Waals surface area contributed by atoms with Gasteiger partial charge in [0.2, 0.25) is 0 Å². The molecule has 2 aromatic rings. The molecule has 0 radical (unpaired) electrons. The van der Waals surface area contributed by atoms with Gasteiger partial charge in [-0.25, -0.2) is 4.79 Å². The number of hydrogen-bond acceptors (Lipinski definition) is 6. The molecule has 1 aliphatic heterocycles. The minimum absolute atomic E-state index is 0.000737. The summed E-state index contributed by atoms with van der Waals surface area (Å²) in [5.74, 6) is -2.50. The fraction of sp³-hybridized carbons (Fsp3) is 0.158. The fourth-order valence-electron chi connectivity index (χ4n) is 2.93. The molecule has 27 heavy (non-hydrogen) atoms. The standard InChI is InChI=1S/C19H16N2O6/c1-11(22)16-17(12-3-2-8-20-9-12)21(19(26)18(16)25)13-4-6-14(7-5-13)27-10-15(23)24/h2-9,17,25H,10H2,1H3,(H,23,24). The highest BCUT2D eigenvalue weighted by molar-refractivity contribution is 6.16. The van der Waals surface area contributed by atoms with Gasteiger partial charge in [-0.3, -0.25) is 19.5 Å². The molecule has 0 fully saturated rings. The second-order valence-corrected chi connectivity index (χ2v) is 5.86. The smallest absolute Gasteiger partial charge is 0.341 e. The van der Waals surface area contributed by atoms with Gasteiger partial charge in [-0.15, -0.1) is 0 Å². The highest BCUT2D eigenvalue weighted by atomic mass is 16.5. The Labute approximate surface area is 154 Å². The van der Waals surface area contributed by atoms with Gasteiger partial charge < -0.3 is 14.9 Å². The zero-order valence-electron chi connectivity index (χ0n) is 14.3. The van der Waals surface area contributed by atoms with Crippen molar-refractivity contribution < 1.29 is 29.3 Å². The first-order chi connectivity index (χ1) is 12.9. The van der Waals surface area contributed by atoms with Gasteiger partial charge in [0.25, 0.3) is 5.91 Å². The first-order valence-electron chi connectivity index (χ1n) is 8.02. The number of ketones is 1. The fourth-order valence-corrected chi connectivity index (χ4v) is 2.93. The van der Waals surface area contributed by atoms with Crippen LogP contribution in [-0.2, 0) is 14.4 Å². The maximum atomic E-state index is 12.6. The molecule has 2 N–H and O–H groups in total. The number of pyridine rings is 1. The van der Waals surface area contributed by atoms with Crippen LogP contribution in [0.3, 0.4) is 0 Å². The zero-order chi connectivity index (χ0) is 19.6. The van der Waals surface area contributed by atoms with Crippen molar-refractivity contribution in [1.29, 1.82) is 0 Å². The third-order valence-electron chi connectivity index (χ3n) is 4.06. The number of Topliss-reactive ketones (excluding diaryl/α,β-unsaturated/α-hetero) is 1. The maximum absolute atomic E-state index is 12.6. The van der Waals surface area contributed by atoms with Crippen LogP contribution in [0.5, 0.6) is 5.75 Å². The summed E-state index contributed by atoms with van der Waals surface area (Å²) in [7, 11) is 0. The summed E-state index contributed by atoms with van der Waals surface area (Å²) in [6.45, 7) is 0.797. The Hall–Kier alpha value is -3.68. The Balaban J connectivity index is 1.99. The number of carboxylic acids is 1. The minimum Gasteiger partial charge on any atom is -0.503 e. The summed E-state index contributed by atoms with van der Waals surface area (Å²) < 4.78 is 5.08. The SMILES string of the molecule is CC(=O)C1=C(O)C(=O)N(c2ccc(OCC(=O)O)cc2)C1c1cccnc1. The molecule has 1 unspecified atom stereocenters. The second-order valence-electron chi connectivity index (χ2n) is 5.86. The van der Waals surface area contributed by atoms with Crippen LogP contribution in [0.4, 0.5) is 5.69 Å². The van der Waals surface area contributed by atoms with Crippen LogP contribution in [0.2, 0.25) is 0 Å². The number of nitrogens with zero attached hydrogens (tertiary/aromatic N) is 2. The van der Waals surface area contributed by atoms with E-state index in [1.807, 2.05) is 0 Å². The molecule has 8 heteroatoms. The van der Waals surface area contributed by atoms with E-state index >= 15 is 0 Å². The number of aliphatic carboxylic acids is 1. The number of ether oxygens (including phenoxy) is 1. The Morgan fingerprint density at radius 2 is 1.93 bits per heavy atom. The zero-order valence-corrected chi connectivity index (χ0v) is 14.3. The number of amides is 1. The minimum atomic E-state index is -1.11. The molecule has 2 heterocycles. The molecule has 3 rings (SSSR count). The van der Waals surface area contributed by atoms with Crippen LogP contribution in [0.1, 0.15) is 18.5 Å². The van der Waals surface area contributed by atoms with Crippen molar-refractivity contribution in [2.75, 3.05) is 11.5 Å². The molecule has 0 bridgehead atoms. The van der Waals surface area contributed by atoms with E-state index in [-0.39, 0.29) is 5.57 Å². The van der Waals surface area contributed by atoms with Crippen molar-refractivity contribution >= 4 is 23.3 Å². The third kappa shape index (κ3) is 3.50.